The molecule has 2 N–H and O–H groups in total. The van der Waals surface area contributed by atoms with E-state index < -0.39 is 23.8 Å². The van der Waals surface area contributed by atoms with E-state index >= 15 is 0 Å². The van der Waals surface area contributed by atoms with Crippen molar-refractivity contribution in [3.63, 3.8) is 0 Å². The molecule has 6 nitrogen and oxygen atoms in total. The molecule has 0 amide bonds. The third-order valence-electron chi connectivity index (χ3n) is 5.83. The van der Waals surface area contributed by atoms with E-state index in [-0.39, 0.29) is 13.0 Å². The fourth-order valence-electron chi connectivity index (χ4n) is 4.19. The van der Waals surface area contributed by atoms with Crippen LogP contribution in [0.2, 0.25) is 0 Å². The molecule has 4 aromatic rings. The zero-order valence-electron chi connectivity index (χ0n) is 16.4. The molecule has 1 aliphatic rings. The van der Waals surface area contributed by atoms with E-state index in [9.17, 15) is 13.2 Å². The highest BCUT2D eigenvalue weighted by Gasteiger charge is 2.29. The second kappa shape index (κ2) is 7.02. The van der Waals surface area contributed by atoms with Crippen molar-refractivity contribution in [3.05, 3.63) is 53.7 Å². The quantitative estimate of drug-likeness (QED) is 0.560. The molecule has 5 rings (SSSR count). The van der Waals surface area contributed by atoms with Gasteiger partial charge in [-0.05, 0) is 18.1 Å². The summed E-state index contributed by atoms with van der Waals surface area (Å²) in [5.41, 5.74) is 8.70. The Kier molecular flexibility index (Phi) is 4.43. The molecule has 0 radical (unpaired) electrons. The Balaban J connectivity index is 1.66. The number of alkyl halides is 1. The van der Waals surface area contributed by atoms with Crippen molar-refractivity contribution in [2.24, 2.45) is 12.8 Å². The molecule has 2 atom stereocenters. The highest BCUT2D eigenvalue weighted by Crippen LogP contribution is 2.30. The number of aryl methyl sites for hydroxylation is 1. The maximum absolute atomic E-state index is 14.1. The molecule has 0 bridgehead atoms. The first-order valence-electron chi connectivity index (χ1n) is 9.82. The summed E-state index contributed by atoms with van der Waals surface area (Å²) >= 11 is 0. The normalized spacial score (nSPS) is 19.8. The lowest BCUT2D eigenvalue weighted by Gasteiger charge is -2.34. The Bertz CT molecular complexity index is 1250. The second-order valence-corrected chi connectivity index (χ2v) is 7.79. The number of piperidine rings is 1. The number of aromatic nitrogens is 4. The number of nitrogens with zero attached hydrogens (tertiary/aromatic N) is 5. The Morgan fingerprint density at radius 2 is 1.97 bits per heavy atom. The Morgan fingerprint density at radius 3 is 2.77 bits per heavy atom. The topological polar surface area (TPSA) is 64.9 Å². The van der Waals surface area contributed by atoms with E-state index in [1.807, 2.05) is 34.7 Å². The van der Waals surface area contributed by atoms with E-state index in [0.29, 0.717) is 30.1 Å². The first kappa shape index (κ1) is 18.9. The SMILES string of the molecule is Cn1ncc2c(Cn3c(N4CC[C@@H](F)[C@H](N)C4)nc4cc(F)c(F)cc43)cccc21. The molecule has 2 aromatic carbocycles. The molecule has 9 heteroatoms. The predicted octanol–water partition coefficient (Wildman–Crippen LogP) is 3.13. The zero-order valence-corrected chi connectivity index (χ0v) is 16.4. The highest BCUT2D eigenvalue weighted by atomic mass is 19.2. The lowest BCUT2D eigenvalue weighted by molar-refractivity contribution is 0.243. The fraction of sp³-hybridized carbons (Fsp3) is 0.333. The molecular weight excluding hydrogens is 393 g/mol. The van der Waals surface area contributed by atoms with Gasteiger partial charge in [-0.2, -0.15) is 5.10 Å². The van der Waals surface area contributed by atoms with E-state index in [0.717, 1.165) is 28.6 Å². The minimum atomic E-state index is -1.07. The van der Waals surface area contributed by atoms with Crippen LogP contribution in [0, 0.1) is 11.6 Å². The lowest BCUT2D eigenvalue weighted by atomic mass is 10.1. The number of rotatable bonds is 3. The van der Waals surface area contributed by atoms with Crippen molar-refractivity contribution in [1.82, 2.24) is 19.3 Å². The largest absolute Gasteiger partial charge is 0.340 e. The molecule has 2 aromatic heterocycles. The van der Waals surface area contributed by atoms with Gasteiger partial charge in [0.1, 0.15) is 6.17 Å². The van der Waals surface area contributed by atoms with Gasteiger partial charge in [0, 0.05) is 37.7 Å². The number of imidazole rings is 1. The summed E-state index contributed by atoms with van der Waals surface area (Å²) in [6.07, 6.45) is 0.998. The minimum Gasteiger partial charge on any atom is -0.340 e. The van der Waals surface area contributed by atoms with Crippen LogP contribution < -0.4 is 10.6 Å². The highest BCUT2D eigenvalue weighted by molar-refractivity contribution is 5.83. The van der Waals surface area contributed by atoms with E-state index in [2.05, 4.69) is 10.1 Å². The number of fused-ring (bicyclic) bond motifs is 2. The molecule has 156 valence electrons. The van der Waals surface area contributed by atoms with Crippen LogP contribution in [0.1, 0.15) is 12.0 Å². The van der Waals surface area contributed by atoms with Crippen molar-refractivity contribution in [3.8, 4) is 0 Å². The maximum atomic E-state index is 14.1. The summed E-state index contributed by atoms with van der Waals surface area (Å²) in [6.45, 7) is 1.09. The third kappa shape index (κ3) is 3.00. The van der Waals surface area contributed by atoms with Crippen molar-refractivity contribution in [2.45, 2.75) is 25.2 Å². The van der Waals surface area contributed by atoms with Crippen LogP contribution in [0.3, 0.4) is 0 Å². The summed E-state index contributed by atoms with van der Waals surface area (Å²) in [7, 11) is 1.87. The number of hydrogen-bond acceptors (Lipinski definition) is 4. The van der Waals surface area contributed by atoms with Crippen molar-refractivity contribution in [2.75, 3.05) is 18.0 Å². The van der Waals surface area contributed by atoms with Gasteiger partial charge >= 0.3 is 0 Å². The molecular formula is C21H21F3N6. The molecule has 1 aliphatic heterocycles. The van der Waals surface area contributed by atoms with Gasteiger partial charge in [-0.25, -0.2) is 18.2 Å². The van der Waals surface area contributed by atoms with Gasteiger partial charge in [0.2, 0.25) is 5.95 Å². The average Bonchev–Trinajstić information content (AvgIpc) is 3.26. The first-order valence-corrected chi connectivity index (χ1v) is 9.82. The number of halogens is 3. The van der Waals surface area contributed by atoms with Gasteiger partial charge in [0.05, 0.1) is 35.3 Å². The number of benzene rings is 2. The first-order chi connectivity index (χ1) is 14.4. The van der Waals surface area contributed by atoms with E-state index in [1.165, 1.54) is 0 Å². The smallest absolute Gasteiger partial charge is 0.206 e. The Hall–Kier alpha value is -3.07. The average molecular weight is 414 g/mol. The summed E-state index contributed by atoms with van der Waals surface area (Å²) in [4.78, 5) is 6.45. The minimum absolute atomic E-state index is 0.283. The molecule has 1 fully saturated rings. The van der Waals surface area contributed by atoms with Gasteiger partial charge in [0.15, 0.2) is 11.6 Å². The Labute approximate surface area is 170 Å². The van der Waals surface area contributed by atoms with E-state index in [1.54, 1.807) is 10.9 Å². The predicted molar refractivity (Wildman–Crippen MR) is 109 cm³/mol. The zero-order chi connectivity index (χ0) is 21.0. The second-order valence-electron chi connectivity index (χ2n) is 7.79. The monoisotopic (exact) mass is 414 g/mol. The molecule has 3 heterocycles. The number of anilines is 1. The fourth-order valence-corrected chi connectivity index (χ4v) is 4.19. The maximum Gasteiger partial charge on any atom is 0.206 e. The van der Waals surface area contributed by atoms with Crippen LogP contribution in [-0.2, 0) is 13.6 Å². The van der Waals surface area contributed by atoms with Gasteiger partial charge in [-0.1, -0.05) is 12.1 Å². The summed E-state index contributed by atoms with van der Waals surface area (Å²) in [5, 5.41) is 5.29. The van der Waals surface area contributed by atoms with Crippen LogP contribution >= 0.6 is 0 Å². The molecule has 0 unspecified atom stereocenters. The lowest BCUT2D eigenvalue weighted by Crippen LogP contribution is -2.50. The molecule has 0 aliphatic carbocycles. The standard InChI is InChI=1S/C21H21F3N6/c1-28-19-4-2-3-12(13(19)9-26-28)10-30-20-8-16(24)15(23)7-18(20)27-21(30)29-6-5-14(22)17(25)11-29/h2-4,7-9,14,17H,5-6,10-11,25H2,1H3/t14-,17-/m1/s1. The van der Waals surface area contributed by atoms with Gasteiger partial charge in [0.25, 0.3) is 0 Å². The summed E-state index contributed by atoms with van der Waals surface area (Å²) in [6, 6.07) is 7.49. The van der Waals surface area contributed by atoms with Crippen LogP contribution in [-0.4, -0.2) is 44.6 Å². The molecule has 0 spiro atoms. The van der Waals surface area contributed by atoms with Gasteiger partial charge in [-0.15, -0.1) is 0 Å². The molecule has 1 saturated heterocycles. The van der Waals surface area contributed by atoms with Crippen molar-refractivity contribution < 1.29 is 13.2 Å². The van der Waals surface area contributed by atoms with Crippen LogP contribution in [0.25, 0.3) is 21.9 Å². The molecule has 0 saturated carbocycles. The van der Waals surface area contributed by atoms with Crippen molar-refractivity contribution >= 4 is 27.9 Å². The van der Waals surface area contributed by atoms with E-state index in [4.69, 9.17) is 5.73 Å². The number of nitrogens with two attached hydrogens (primary N) is 1. The van der Waals surface area contributed by atoms with Crippen LogP contribution in [0.15, 0.2) is 36.5 Å². The van der Waals surface area contributed by atoms with Gasteiger partial charge < -0.3 is 15.2 Å². The van der Waals surface area contributed by atoms with Crippen molar-refractivity contribution in [1.29, 1.82) is 0 Å². The molecule has 30 heavy (non-hydrogen) atoms. The number of hydrogen-bond donors (Lipinski definition) is 1. The van der Waals surface area contributed by atoms with Crippen LogP contribution in [0.5, 0.6) is 0 Å². The van der Waals surface area contributed by atoms with Crippen LogP contribution in [0.4, 0.5) is 19.1 Å². The summed E-state index contributed by atoms with van der Waals surface area (Å²) in [5.74, 6) is -1.36. The van der Waals surface area contributed by atoms with Gasteiger partial charge in [-0.3, -0.25) is 4.68 Å². The third-order valence-corrected chi connectivity index (χ3v) is 5.83. The summed E-state index contributed by atoms with van der Waals surface area (Å²) < 4.78 is 45.5. The Morgan fingerprint density at radius 1 is 1.17 bits per heavy atom.